The van der Waals surface area contributed by atoms with E-state index < -0.39 is 5.82 Å². The van der Waals surface area contributed by atoms with Crippen LogP contribution < -0.4 is 15.0 Å². The second-order valence-corrected chi connectivity index (χ2v) is 9.48. The van der Waals surface area contributed by atoms with Gasteiger partial charge in [-0.2, -0.15) is 0 Å². The summed E-state index contributed by atoms with van der Waals surface area (Å²) in [6.45, 7) is 8.09. The summed E-state index contributed by atoms with van der Waals surface area (Å²) in [5.41, 5.74) is 0.974. The number of carbonyl (C=O) groups excluding carboxylic acids is 1. The highest BCUT2D eigenvalue weighted by atomic mass is 35.5. The van der Waals surface area contributed by atoms with Crippen molar-refractivity contribution in [2.24, 2.45) is 0 Å². The molecular formula is C24H29ClFN5O2. The fraction of sp³-hybridized carbons (Fsp3) is 0.500. The Labute approximate surface area is 198 Å². The Kier molecular flexibility index (Phi) is 5.93. The lowest BCUT2D eigenvalue weighted by molar-refractivity contribution is 0.0606. The molecule has 3 aliphatic heterocycles. The van der Waals surface area contributed by atoms with Gasteiger partial charge in [0.1, 0.15) is 28.8 Å². The van der Waals surface area contributed by atoms with Gasteiger partial charge in [0, 0.05) is 50.4 Å². The van der Waals surface area contributed by atoms with Crippen molar-refractivity contribution in [3.05, 3.63) is 40.7 Å². The van der Waals surface area contributed by atoms with E-state index in [9.17, 15) is 9.18 Å². The predicted molar refractivity (Wildman–Crippen MR) is 127 cm³/mol. The van der Waals surface area contributed by atoms with E-state index in [0.29, 0.717) is 54.6 Å². The van der Waals surface area contributed by atoms with E-state index in [0.717, 1.165) is 13.1 Å². The van der Waals surface area contributed by atoms with E-state index in [1.165, 1.54) is 6.07 Å². The van der Waals surface area contributed by atoms with Crippen LogP contribution in [0, 0.1) is 5.82 Å². The van der Waals surface area contributed by atoms with Gasteiger partial charge in [0.05, 0.1) is 11.7 Å². The number of ether oxygens (including phenoxy) is 1. The highest BCUT2D eigenvalue weighted by Gasteiger charge is 2.40. The molecular weight excluding hydrogens is 445 g/mol. The fourth-order valence-corrected chi connectivity index (χ4v) is 5.29. The summed E-state index contributed by atoms with van der Waals surface area (Å²) in [5.74, 6) is 0.277. The first-order valence-electron chi connectivity index (χ1n) is 11.5. The van der Waals surface area contributed by atoms with Crippen molar-refractivity contribution >= 4 is 23.3 Å². The Morgan fingerprint density at radius 3 is 2.73 bits per heavy atom. The lowest BCUT2D eigenvalue weighted by Gasteiger charge is -2.44. The summed E-state index contributed by atoms with van der Waals surface area (Å²) >= 11 is 6.80. The first-order valence-corrected chi connectivity index (χ1v) is 11.9. The van der Waals surface area contributed by atoms with Gasteiger partial charge in [0.15, 0.2) is 5.75 Å². The number of likely N-dealkylation sites (N-methyl/N-ethyl adjacent to an activating group) is 1. The van der Waals surface area contributed by atoms with Gasteiger partial charge in [-0.15, -0.1) is 0 Å². The van der Waals surface area contributed by atoms with Crippen LogP contribution in [0.4, 0.5) is 10.2 Å². The maximum absolute atomic E-state index is 14.8. The van der Waals surface area contributed by atoms with Crippen molar-refractivity contribution < 1.29 is 13.9 Å². The largest absolute Gasteiger partial charge is 0.489 e. The van der Waals surface area contributed by atoms with Crippen LogP contribution in [-0.4, -0.2) is 85.2 Å². The van der Waals surface area contributed by atoms with Crippen molar-refractivity contribution in [3.63, 3.8) is 0 Å². The number of hydrogen-bond acceptors (Lipinski definition) is 6. The predicted octanol–water partition coefficient (Wildman–Crippen LogP) is 2.88. The van der Waals surface area contributed by atoms with Gasteiger partial charge >= 0.3 is 0 Å². The topological polar surface area (TPSA) is 60.9 Å². The van der Waals surface area contributed by atoms with E-state index in [1.807, 2.05) is 4.90 Å². The molecule has 5 rings (SSSR count). The minimum absolute atomic E-state index is 0.0878. The van der Waals surface area contributed by atoms with Crippen molar-refractivity contribution in [1.82, 2.24) is 20.1 Å². The van der Waals surface area contributed by atoms with Crippen molar-refractivity contribution in [2.45, 2.75) is 32.0 Å². The highest BCUT2D eigenvalue weighted by molar-refractivity contribution is 6.35. The molecule has 9 heteroatoms. The molecule has 1 N–H and O–H groups in total. The van der Waals surface area contributed by atoms with Gasteiger partial charge in [0.25, 0.3) is 5.91 Å². The number of rotatable bonds is 2. The molecule has 2 aromatic rings. The normalized spacial score (nSPS) is 25.8. The number of nitrogens with one attached hydrogen (secondary N) is 1. The molecule has 176 valence electrons. The maximum atomic E-state index is 14.8. The summed E-state index contributed by atoms with van der Waals surface area (Å²) < 4.78 is 21.0. The highest BCUT2D eigenvalue weighted by Crippen LogP contribution is 2.44. The van der Waals surface area contributed by atoms with E-state index in [1.54, 1.807) is 18.2 Å². The monoisotopic (exact) mass is 473 g/mol. The van der Waals surface area contributed by atoms with Crippen LogP contribution in [0.2, 0.25) is 5.02 Å². The van der Waals surface area contributed by atoms with E-state index in [-0.39, 0.29) is 29.1 Å². The first-order chi connectivity index (χ1) is 15.9. The lowest BCUT2D eigenvalue weighted by atomic mass is 10.0. The molecule has 0 radical (unpaired) electrons. The van der Waals surface area contributed by atoms with Gasteiger partial charge in [-0.25, -0.2) is 9.37 Å². The van der Waals surface area contributed by atoms with Crippen LogP contribution >= 0.6 is 11.6 Å². The quantitative estimate of drug-likeness (QED) is 0.723. The molecule has 1 amide bonds. The van der Waals surface area contributed by atoms with E-state index >= 15 is 0 Å². The number of aromatic nitrogens is 1. The van der Waals surface area contributed by atoms with Crippen LogP contribution in [0.25, 0.3) is 11.3 Å². The molecule has 3 atom stereocenters. The Hall–Kier alpha value is -2.42. The average Bonchev–Trinajstić information content (AvgIpc) is 2.96. The first kappa shape index (κ1) is 22.4. The molecule has 0 saturated carbocycles. The molecule has 0 spiro atoms. The molecule has 7 nitrogen and oxygen atoms in total. The van der Waals surface area contributed by atoms with Crippen LogP contribution in [-0.2, 0) is 0 Å². The number of anilines is 1. The summed E-state index contributed by atoms with van der Waals surface area (Å²) in [6.07, 6.45) is 0. The summed E-state index contributed by atoms with van der Waals surface area (Å²) in [4.78, 5) is 25.0. The molecule has 33 heavy (non-hydrogen) atoms. The zero-order chi connectivity index (χ0) is 23.3. The number of piperazine rings is 2. The van der Waals surface area contributed by atoms with Gasteiger partial charge in [0.2, 0.25) is 0 Å². The molecule has 0 unspecified atom stereocenters. The second kappa shape index (κ2) is 8.74. The maximum Gasteiger partial charge on any atom is 0.261 e. The zero-order valence-electron chi connectivity index (χ0n) is 19.1. The van der Waals surface area contributed by atoms with E-state index in [2.05, 4.69) is 36.0 Å². The number of carbonyl (C=O) groups is 1. The number of pyridine rings is 1. The van der Waals surface area contributed by atoms with Crippen LogP contribution in [0.5, 0.6) is 5.75 Å². The SMILES string of the molecule is C[C@H]1[C@H](C)N(c2nc(-c3ccccc3F)c(Cl)c3c2C(=O)N2CCNC[C@@H]2CO3)CCN1C. The fourth-order valence-electron chi connectivity index (χ4n) is 5.00. The smallest absolute Gasteiger partial charge is 0.261 e. The third-order valence-corrected chi connectivity index (χ3v) is 7.65. The number of halogens is 2. The lowest BCUT2D eigenvalue weighted by Crippen LogP contribution is -2.57. The van der Waals surface area contributed by atoms with Gasteiger partial charge < -0.3 is 19.9 Å². The van der Waals surface area contributed by atoms with Crippen molar-refractivity contribution in [1.29, 1.82) is 0 Å². The van der Waals surface area contributed by atoms with Gasteiger partial charge in [-0.05, 0) is 33.0 Å². The molecule has 1 aromatic carbocycles. The summed E-state index contributed by atoms with van der Waals surface area (Å²) in [6, 6.07) is 6.66. The number of nitrogens with zero attached hydrogens (tertiary/aromatic N) is 4. The molecule has 4 heterocycles. The van der Waals surface area contributed by atoms with Gasteiger partial charge in [-0.3, -0.25) is 9.69 Å². The Morgan fingerprint density at radius 1 is 1.15 bits per heavy atom. The number of benzene rings is 1. The van der Waals surface area contributed by atoms with Crippen LogP contribution in [0.3, 0.4) is 0 Å². The Balaban J connectivity index is 1.72. The molecule has 2 saturated heterocycles. The Morgan fingerprint density at radius 2 is 1.94 bits per heavy atom. The van der Waals surface area contributed by atoms with Gasteiger partial charge in [-0.1, -0.05) is 23.7 Å². The van der Waals surface area contributed by atoms with Crippen LogP contribution in [0.15, 0.2) is 24.3 Å². The molecule has 3 aliphatic rings. The second-order valence-electron chi connectivity index (χ2n) is 9.10. The summed E-state index contributed by atoms with van der Waals surface area (Å²) in [7, 11) is 2.10. The van der Waals surface area contributed by atoms with Crippen molar-refractivity contribution in [3.8, 4) is 17.0 Å². The van der Waals surface area contributed by atoms with Crippen LogP contribution in [0.1, 0.15) is 24.2 Å². The minimum atomic E-state index is -0.417. The Bertz CT molecular complexity index is 1080. The number of fused-ring (bicyclic) bond motifs is 2. The third-order valence-electron chi connectivity index (χ3n) is 7.30. The molecule has 1 aromatic heterocycles. The zero-order valence-corrected chi connectivity index (χ0v) is 19.9. The molecule has 2 fully saturated rings. The number of amides is 1. The minimum Gasteiger partial charge on any atom is -0.489 e. The number of hydrogen-bond donors (Lipinski definition) is 1. The standard InChI is InChI=1S/C24H29ClFN5O2/c1-14-15(2)30(11-10-29(14)3)23-19-22(33-13-16-12-27-8-9-31(16)24(19)32)20(25)21(28-23)17-6-4-5-7-18(17)26/h4-7,14-16,27H,8-13H2,1-3H3/t14-,15-,16+/m0/s1. The third kappa shape index (κ3) is 3.74. The summed E-state index contributed by atoms with van der Waals surface area (Å²) in [5, 5.41) is 3.50. The molecule has 0 bridgehead atoms. The molecule has 0 aliphatic carbocycles. The average molecular weight is 474 g/mol. The van der Waals surface area contributed by atoms with E-state index in [4.69, 9.17) is 21.3 Å². The van der Waals surface area contributed by atoms with Crippen molar-refractivity contribution in [2.75, 3.05) is 51.3 Å².